The highest BCUT2D eigenvalue weighted by Gasteiger charge is 2.43. The van der Waals surface area contributed by atoms with E-state index in [4.69, 9.17) is 0 Å². The molecule has 4 nitrogen and oxygen atoms in total. The SMILES string of the molecule is CCc1nc(Br)cc(N2CCC3(O)CCCCC3C2)n1. The van der Waals surface area contributed by atoms with E-state index in [1.165, 1.54) is 12.8 Å². The van der Waals surface area contributed by atoms with Crippen LogP contribution in [-0.2, 0) is 6.42 Å². The van der Waals surface area contributed by atoms with Crippen molar-refractivity contribution in [2.75, 3.05) is 18.0 Å². The molecule has 5 heteroatoms. The topological polar surface area (TPSA) is 49.2 Å². The van der Waals surface area contributed by atoms with E-state index in [0.717, 1.165) is 55.0 Å². The molecule has 2 aliphatic rings. The average molecular weight is 340 g/mol. The van der Waals surface area contributed by atoms with E-state index in [-0.39, 0.29) is 0 Å². The molecule has 0 bridgehead atoms. The van der Waals surface area contributed by atoms with Gasteiger partial charge in [0.25, 0.3) is 0 Å². The predicted octanol–water partition coefficient (Wildman–Crippen LogP) is 2.93. The van der Waals surface area contributed by atoms with Gasteiger partial charge >= 0.3 is 0 Å². The van der Waals surface area contributed by atoms with E-state index < -0.39 is 5.60 Å². The number of fused-ring (bicyclic) bond motifs is 1. The van der Waals surface area contributed by atoms with Crippen molar-refractivity contribution in [2.45, 2.75) is 51.0 Å². The Morgan fingerprint density at radius 3 is 3.05 bits per heavy atom. The molecule has 0 spiro atoms. The van der Waals surface area contributed by atoms with Crippen LogP contribution in [0.25, 0.3) is 0 Å². The van der Waals surface area contributed by atoms with Gasteiger partial charge in [-0.1, -0.05) is 19.8 Å². The largest absolute Gasteiger partial charge is 0.389 e. The number of rotatable bonds is 2. The molecule has 3 rings (SSSR count). The molecule has 1 aliphatic carbocycles. The molecular weight excluding hydrogens is 318 g/mol. The van der Waals surface area contributed by atoms with Gasteiger partial charge in [-0.05, 0) is 35.2 Å². The summed E-state index contributed by atoms with van der Waals surface area (Å²) >= 11 is 3.47. The minimum Gasteiger partial charge on any atom is -0.389 e. The zero-order chi connectivity index (χ0) is 14.2. The van der Waals surface area contributed by atoms with Crippen LogP contribution in [0.15, 0.2) is 10.7 Å². The van der Waals surface area contributed by atoms with Crippen molar-refractivity contribution < 1.29 is 5.11 Å². The maximum absolute atomic E-state index is 10.7. The minimum absolute atomic E-state index is 0.392. The molecule has 0 radical (unpaired) electrons. The molecule has 2 unspecified atom stereocenters. The lowest BCUT2D eigenvalue weighted by atomic mass is 9.71. The van der Waals surface area contributed by atoms with Crippen LogP contribution >= 0.6 is 15.9 Å². The Morgan fingerprint density at radius 2 is 2.25 bits per heavy atom. The molecule has 1 aromatic rings. The van der Waals surface area contributed by atoms with Gasteiger partial charge in [0.1, 0.15) is 16.2 Å². The number of piperidine rings is 1. The Balaban J connectivity index is 1.80. The molecule has 20 heavy (non-hydrogen) atoms. The first kappa shape index (κ1) is 14.3. The molecule has 2 heterocycles. The summed E-state index contributed by atoms with van der Waals surface area (Å²) < 4.78 is 0.851. The summed E-state index contributed by atoms with van der Waals surface area (Å²) in [6.07, 6.45) is 6.23. The number of hydrogen-bond acceptors (Lipinski definition) is 4. The van der Waals surface area contributed by atoms with Gasteiger partial charge in [0, 0.05) is 31.5 Å². The summed E-state index contributed by atoms with van der Waals surface area (Å²) in [6.45, 7) is 3.88. The van der Waals surface area contributed by atoms with E-state index in [1.54, 1.807) is 0 Å². The van der Waals surface area contributed by atoms with E-state index >= 15 is 0 Å². The van der Waals surface area contributed by atoms with E-state index in [2.05, 4.69) is 37.7 Å². The fourth-order valence-corrected chi connectivity index (χ4v) is 3.96. The number of aliphatic hydroxyl groups is 1. The van der Waals surface area contributed by atoms with Gasteiger partial charge in [0.05, 0.1) is 5.60 Å². The Kier molecular flexibility index (Phi) is 4.00. The predicted molar refractivity (Wildman–Crippen MR) is 82.8 cm³/mol. The molecule has 2 fully saturated rings. The first-order valence-electron chi connectivity index (χ1n) is 7.61. The maximum Gasteiger partial charge on any atom is 0.133 e. The number of halogens is 1. The van der Waals surface area contributed by atoms with Crippen molar-refractivity contribution in [3.05, 3.63) is 16.5 Å². The van der Waals surface area contributed by atoms with E-state index in [1.807, 2.05) is 6.07 Å². The fourth-order valence-electron chi connectivity index (χ4n) is 3.55. The minimum atomic E-state index is -0.424. The molecule has 1 saturated heterocycles. The number of hydrogen-bond donors (Lipinski definition) is 1. The number of aromatic nitrogens is 2. The molecule has 1 saturated carbocycles. The third-order valence-corrected chi connectivity index (χ3v) is 5.20. The van der Waals surface area contributed by atoms with Gasteiger partial charge in [0.2, 0.25) is 0 Å². The number of nitrogens with zero attached hydrogens (tertiary/aromatic N) is 3. The number of aryl methyl sites for hydroxylation is 1. The molecule has 0 amide bonds. The summed E-state index contributed by atoms with van der Waals surface area (Å²) in [7, 11) is 0. The first-order chi connectivity index (χ1) is 9.60. The van der Waals surface area contributed by atoms with Crippen molar-refractivity contribution in [2.24, 2.45) is 5.92 Å². The van der Waals surface area contributed by atoms with Crippen LogP contribution in [0.5, 0.6) is 0 Å². The third-order valence-electron chi connectivity index (χ3n) is 4.80. The molecule has 2 atom stereocenters. The summed E-state index contributed by atoms with van der Waals surface area (Å²) in [5.74, 6) is 2.26. The highest BCUT2D eigenvalue weighted by Crippen LogP contribution is 2.40. The van der Waals surface area contributed by atoms with Crippen LogP contribution in [0.4, 0.5) is 5.82 Å². The van der Waals surface area contributed by atoms with Gasteiger partial charge in [-0.2, -0.15) is 0 Å². The normalized spacial score (nSPS) is 30.1. The van der Waals surface area contributed by atoms with Crippen LogP contribution in [0.1, 0.15) is 44.9 Å². The molecule has 1 aliphatic heterocycles. The second-order valence-corrected chi connectivity index (χ2v) is 6.87. The maximum atomic E-state index is 10.7. The first-order valence-corrected chi connectivity index (χ1v) is 8.41. The standard InChI is InChI=1S/C15H22BrN3O/c1-2-13-17-12(16)9-14(18-13)19-8-7-15(20)6-4-3-5-11(15)10-19/h9,11,20H,2-8,10H2,1H3. The van der Waals surface area contributed by atoms with Crippen LogP contribution in [0.3, 0.4) is 0 Å². The van der Waals surface area contributed by atoms with Gasteiger partial charge < -0.3 is 10.0 Å². The van der Waals surface area contributed by atoms with Gasteiger partial charge in [-0.3, -0.25) is 0 Å². The Labute approximate surface area is 128 Å². The zero-order valence-corrected chi connectivity index (χ0v) is 13.6. The second kappa shape index (κ2) is 5.60. The Hall–Kier alpha value is -0.680. The summed E-state index contributed by atoms with van der Waals surface area (Å²) in [5.41, 5.74) is -0.424. The summed E-state index contributed by atoms with van der Waals surface area (Å²) in [5, 5.41) is 10.7. The van der Waals surface area contributed by atoms with E-state index in [0.29, 0.717) is 5.92 Å². The summed E-state index contributed by atoms with van der Waals surface area (Å²) in [6, 6.07) is 1.99. The lowest BCUT2D eigenvalue weighted by Crippen LogP contribution is -2.53. The van der Waals surface area contributed by atoms with Crippen molar-refractivity contribution in [3.63, 3.8) is 0 Å². The molecule has 1 aromatic heterocycles. The Morgan fingerprint density at radius 1 is 1.40 bits per heavy atom. The van der Waals surface area contributed by atoms with Crippen molar-refractivity contribution in [1.29, 1.82) is 0 Å². The average Bonchev–Trinajstić information content (AvgIpc) is 2.45. The fraction of sp³-hybridized carbons (Fsp3) is 0.733. The van der Waals surface area contributed by atoms with Crippen LogP contribution < -0.4 is 4.90 Å². The quantitative estimate of drug-likeness (QED) is 0.841. The van der Waals surface area contributed by atoms with Crippen LogP contribution in [-0.4, -0.2) is 33.8 Å². The highest BCUT2D eigenvalue weighted by atomic mass is 79.9. The van der Waals surface area contributed by atoms with Gasteiger partial charge in [-0.25, -0.2) is 9.97 Å². The number of anilines is 1. The van der Waals surface area contributed by atoms with Crippen LogP contribution in [0, 0.1) is 5.92 Å². The summed E-state index contributed by atoms with van der Waals surface area (Å²) in [4.78, 5) is 11.3. The second-order valence-electron chi connectivity index (χ2n) is 6.06. The highest BCUT2D eigenvalue weighted by molar-refractivity contribution is 9.10. The van der Waals surface area contributed by atoms with Gasteiger partial charge in [0.15, 0.2) is 0 Å². The van der Waals surface area contributed by atoms with E-state index in [9.17, 15) is 5.11 Å². The van der Waals surface area contributed by atoms with Crippen molar-refractivity contribution in [3.8, 4) is 0 Å². The zero-order valence-electron chi connectivity index (χ0n) is 12.0. The van der Waals surface area contributed by atoms with Crippen molar-refractivity contribution >= 4 is 21.7 Å². The lowest BCUT2D eigenvalue weighted by molar-refractivity contribution is -0.0613. The molecular formula is C15H22BrN3O. The molecule has 1 N–H and O–H groups in total. The monoisotopic (exact) mass is 339 g/mol. The smallest absolute Gasteiger partial charge is 0.133 e. The van der Waals surface area contributed by atoms with Crippen LogP contribution in [0.2, 0.25) is 0 Å². The lowest BCUT2D eigenvalue weighted by Gasteiger charge is -2.47. The Bertz CT molecular complexity index is 496. The van der Waals surface area contributed by atoms with Gasteiger partial charge in [-0.15, -0.1) is 0 Å². The van der Waals surface area contributed by atoms with Crippen molar-refractivity contribution in [1.82, 2.24) is 9.97 Å². The molecule has 110 valence electrons. The molecule has 0 aromatic carbocycles. The third kappa shape index (κ3) is 2.70.